The highest BCUT2D eigenvalue weighted by molar-refractivity contribution is 7.08. The number of hydrogen-bond donors (Lipinski definition) is 1. The maximum absolute atomic E-state index is 11.3. The molecule has 72 valence electrons. The van der Waals surface area contributed by atoms with Gasteiger partial charge >= 0.3 is 4.87 Å². The van der Waals surface area contributed by atoms with Crippen LogP contribution in [-0.2, 0) is 6.54 Å². The zero-order valence-electron chi connectivity index (χ0n) is 7.49. The number of hydrogen-bond acceptors (Lipinski definition) is 4. The van der Waals surface area contributed by atoms with E-state index in [1.807, 2.05) is 0 Å². The van der Waals surface area contributed by atoms with Crippen molar-refractivity contribution in [3.05, 3.63) is 14.7 Å². The molecule has 0 radical (unpaired) electrons. The van der Waals surface area contributed by atoms with E-state index in [1.165, 1.54) is 4.68 Å². The molecule has 0 spiro atoms. The van der Waals surface area contributed by atoms with Crippen LogP contribution in [0.5, 0.6) is 0 Å². The zero-order valence-corrected chi connectivity index (χ0v) is 8.30. The summed E-state index contributed by atoms with van der Waals surface area (Å²) in [6.45, 7) is 2.16. The molecule has 1 heterocycles. The number of nitrogens with zero attached hydrogens (tertiary/aromatic N) is 2. The first-order chi connectivity index (χ1) is 6.09. The predicted octanol–water partition coefficient (Wildman–Crippen LogP) is 0.528. The molecule has 4 nitrogen and oxygen atoms in total. The third kappa shape index (κ3) is 1.66. The minimum absolute atomic E-state index is 0.0715. The minimum Gasteiger partial charge on any atom is -0.388 e. The molecule has 1 fully saturated rings. The van der Waals surface area contributed by atoms with Gasteiger partial charge in [-0.05, 0) is 26.2 Å². The average Bonchev–Trinajstić information content (AvgIpc) is 2.27. The van der Waals surface area contributed by atoms with Gasteiger partial charge < -0.3 is 5.11 Å². The van der Waals surface area contributed by atoms with Crippen LogP contribution in [0.1, 0.15) is 24.3 Å². The molecule has 1 aliphatic rings. The standard InChI is InChI=1S/C8H12N2O2S/c1-6-9-10(7(11)13-6)5-8(12)3-2-4-8/h12H,2-5H2,1H3. The van der Waals surface area contributed by atoms with Crippen molar-refractivity contribution in [3.8, 4) is 0 Å². The monoisotopic (exact) mass is 200 g/mol. The predicted molar refractivity (Wildman–Crippen MR) is 49.9 cm³/mol. The van der Waals surface area contributed by atoms with Crippen molar-refractivity contribution < 1.29 is 5.11 Å². The van der Waals surface area contributed by atoms with Gasteiger partial charge in [0.05, 0.1) is 12.1 Å². The van der Waals surface area contributed by atoms with E-state index in [9.17, 15) is 9.90 Å². The average molecular weight is 200 g/mol. The van der Waals surface area contributed by atoms with Crippen LogP contribution in [0.2, 0.25) is 0 Å². The van der Waals surface area contributed by atoms with E-state index in [4.69, 9.17) is 0 Å². The normalized spacial score (nSPS) is 19.8. The molecular weight excluding hydrogens is 188 g/mol. The fourth-order valence-corrected chi connectivity index (χ4v) is 2.13. The highest BCUT2D eigenvalue weighted by Crippen LogP contribution is 2.32. The smallest absolute Gasteiger partial charge is 0.325 e. The van der Waals surface area contributed by atoms with Crippen molar-refractivity contribution in [2.75, 3.05) is 0 Å². The van der Waals surface area contributed by atoms with Crippen LogP contribution >= 0.6 is 11.3 Å². The summed E-state index contributed by atoms with van der Waals surface area (Å²) in [6, 6.07) is 0. The summed E-state index contributed by atoms with van der Waals surface area (Å²) in [5.74, 6) is 0. The van der Waals surface area contributed by atoms with Crippen molar-refractivity contribution in [2.45, 2.75) is 38.3 Å². The number of rotatable bonds is 2. The van der Waals surface area contributed by atoms with Crippen molar-refractivity contribution in [2.24, 2.45) is 0 Å². The topological polar surface area (TPSA) is 55.1 Å². The number of aromatic nitrogens is 2. The van der Waals surface area contributed by atoms with Gasteiger partial charge in [-0.15, -0.1) is 0 Å². The summed E-state index contributed by atoms with van der Waals surface area (Å²) in [5, 5.41) is 14.6. The molecule has 0 aromatic carbocycles. The van der Waals surface area contributed by atoms with Crippen LogP contribution in [0.15, 0.2) is 4.79 Å². The zero-order chi connectivity index (χ0) is 9.47. The Morgan fingerprint density at radius 2 is 2.38 bits per heavy atom. The molecule has 0 bridgehead atoms. The first-order valence-electron chi connectivity index (χ1n) is 4.36. The first-order valence-corrected chi connectivity index (χ1v) is 5.18. The molecule has 1 aromatic rings. The van der Waals surface area contributed by atoms with Gasteiger partial charge in [0.1, 0.15) is 5.01 Å². The van der Waals surface area contributed by atoms with E-state index in [1.54, 1.807) is 6.92 Å². The van der Waals surface area contributed by atoms with Crippen LogP contribution in [0.3, 0.4) is 0 Å². The maximum Gasteiger partial charge on any atom is 0.325 e. The summed E-state index contributed by atoms with van der Waals surface area (Å²) in [5.41, 5.74) is -0.662. The Morgan fingerprint density at radius 3 is 2.77 bits per heavy atom. The van der Waals surface area contributed by atoms with E-state index >= 15 is 0 Å². The van der Waals surface area contributed by atoms with Gasteiger partial charge in [0.25, 0.3) is 0 Å². The van der Waals surface area contributed by atoms with E-state index in [0.29, 0.717) is 6.54 Å². The second-order valence-electron chi connectivity index (χ2n) is 3.62. The van der Waals surface area contributed by atoms with Crippen molar-refractivity contribution in [1.29, 1.82) is 0 Å². The van der Waals surface area contributed by atoms with Gasteiger partial charge in [-0.1, -0.05) is 11.3 Å². The van der Waals surface area contributed by atoms with Crippen LogP contribution in [0, 0.1) is 6.92 Å². The van der Waals surface area contributed by atoms with Gasteiger partial charge in [0, 0.05) is 0 Å². The van der Waals surface area contributed by atoms with Gasteiger partial charge in [-0.2, -0.15) is 5.10 Å². The molecule has 1 saturated carbocycles. The van der Waals surface area contributed by atoms with Crippen LogP contribution in [0.4, 0.5) is 0 Å². The highest BCUT2D eigenvalue weighted by atomic mass is 32.1. The third-order valence-electron chi connectivity index (χ3n) is 2.44. The molecule has 0 saturated heterocycles. The van der Waals surface area contributed by atoms with E-state index in [2.05, 4.69) is 5.10 Å². The summed E-state index contributed by atoms with van der Waals surface area (Å²) in [7, 11) is 0. The number of aliphatic hydroxyl groups is 1. The molecule has 0 unspecified atom stereocenters. The lowest BCUT2D eigenvalue weighted by Crippen LogP contribution is -2.43. The molecule has 1 aromatic heterocycles. The molecule has 0 atom stereocenters. The van der Waals surface area contributed by atoms with Gasteiger partial charge in [-0.25, -0.2) is 4.68 Å². The fraction of sp³-hybridized carbons (Fsp3) is 0.750. The van der Waals surface area contributed by atoms with E-state index in [0.717, 1.165) is 35.6 Å². The molecule has 2 rings (SSSR count). The summed E-state index contributed by atoms with van der Waals surface area (Å²) >= 11 is 1.13. The summed E-state index contributed by atoms with van der Waals surface area (Å²) in [4.78, 5) is 11.2. The molecule has 0 amide bonds. The summed E-state index contributed by atoms with van der Waals surface area (Å²) < 4.78 is 1.37. The fourth-order valence-electron chi connectivity index (χ4n) is 1.53. The Morgan fingerprint density at radius 1 is 1.69 bits per heavy atom. The van der Waals surface area contributed by atoms with Gasteiger partial charge in [-0.3, -0.25) is 4.79 Å². The van der Waals surface area contributed by atoms with E-state index in [-0.39, 0.29) is 4.87 Å². The van der Waals surface area contributed by atoms with Crippen LogP contribution in [-0.4, -0.2) is 20.5 Å². The second-order valence-corrected chi connectivity index (χ2v) is 4.77. The molecule has 5 heteroatoms. The Balaban J connectivity index is 2.17. The Kier molecular flexibility index (Phi) is 2.00. The lowest BCUT2D eigenvalue weighted by molar-refractivity contribution is -0.0504. The Hall–Kier alpha value is -0.680. The van der Waals surface area contributed by atoms with Crippen molar-refractivity contribution >= 4 is 11.3 Å². The highest BCUT2D eigenvalue weighted by Gasteiger charge is 2.35. The van der Waals surface area contributed by atoms with Crippen LogP contribution in [0.25, 0.3) is 0 Å². The molecule has 13 heavy (non-hydrogen) atoms. The third-order valence-corrected chi connectivity index (χ3v) is 3.20. The van der Waals surface area contributed by atoms with Crippen molar-refractivity contribution in [1.82, 2.24) is 9.78 Å². The molecular formula is C8H12N2O2S. The second kappa shape index (κ2) is 2.92. The lowest BCUT2D eigenvalue weighted by Gasteiger charge is -2.35. The molecule has 1 N–H and O–H groups in total. The Bertz CT molecular complexity index is 364. The van der Waals surface area contributed by atoms with Gasteiger partial charge in [0.2, 0.25) is 0 Å². The first kappa shape index (κ1) is 8.90. The maximum atomic E-state index is 11.3. The van der Waals surface area contributed by atoms with E-state index < -0.39 is 5.60 Å². The lowest BCUT2D eigenvalue weighted by atomic mass is 9.80. The van der Waals surface area contributed by atoms with Gasteiger partial charge in [0.15, 0.2) is 0 Å². The quantitative estimate of drug-likeness (QED) is 0.757. The number of aryl methyl sites for hydroxylation is 1. The molecule has 1 aliphatic carbocycles. The largest absolute Gasteiger partial charge is 0.388 e. The molecule has 0 aliphatic heterocycles. The van der Waals surface area contributed by atoms with Crippen LogP contribution < -0.4 is 4.87 Å². The summed E-state index contributed by atoms with van der Waals surface area (Å²) in [6.07, 6.45) is 2.63. The van der Waals surface area contributed by atoms with Crippen molar-refractivity contribution in [3.63, 3.8) is 0 Å². The Labute approximate surface area is 79.8 Å². The SMILES string of the molecule is Cc1nn(CC2(O)CCC2)c(=O)s1. The minimum atomic E-state index is -0.662.